The molecule has 0 aromatic carbocycles. The number of carbonyl (C=O) groups excluding carboxylic acids is 2. The molecule has 2 saturated heterocycles. The summed E-state index contributed by atoms with van der Waals surface area (Å²) in [7, 11) is 0. The van der Waals surface area contributed by atoms with Crippen molar-refractivity contribution in [3.8, 4) is 0 Å². The summed E-state index contributed by atoms with van der Waals surface area (Å²) in [5.41, 5.74) is 0.712. The lowest BCUT2D eigenvalue weighted by Gasteiger charge is -2.52. The van der Waals surface area contributed by atoms with Crippen LogP contribution in [0.1, 0.15) is 46.5 Å². The monoisotopic (exact) mass is 344 g/mol. The Morgan fingerprint density at radius 3 is 2.68 bits per heavy atom. The maximum Gasteiger partial charge on any atom is 0.334 e. The minimum atomic E-state index is -0.711. The molecule has 6 aliphatic rings. The van der Waals surface area contributed by atoms with Crippen LogP contribution in [-0.4, -0.2) is 41.8 Å². The van der Waals surface area contributed by atoms with Gasteiger partial charge < -0.3 is 14.2 Å². The highest BCUT2D eigenvalue weighted by Gasteiger charge is 2.93. The SMILES string of the molecule is CC(C)C1C[C@@H]2O[C@@]23[C@@]2(C)CCC4=C(COC4=O)C2C[C@@H]2O[C@@]23C1=O. The number of cyclic esters (lactones) is 1. The van der Waals surface area contributed by atoms with Crippen LogP contribution in [0, 0.1) is 23.2 Å². The summed E-state index contributed by atoms with van der Waals surface area (Å²) in [5, 5.41) is 0. The topological polar surface area (TPSA) is 68.4 Å². The Labute approximate surface area is 147 Å². The van der Waals surface area contributed by atoms with Crippen molar-refractivity contribution in [2.75, 3.05) is 6.61 Å². The van der Waals surface area contributed by atoms with E-state index in [2.05, 4.69) is 20.8 Å². The number of Topliss-reactive ketones (excluding diaryl/α,β-unsaturated/α-hetero) is 1. The number of carbonyl (C=O) groups is 2. The molecule has 0 aromatic rings. The zero-order valence-corrected chi connectivity index (χ0v) is 15.0. The highest BCUT2D eigenvalue weighted by Crippen LogP contribution is 2.78. The second-order valence-electron chi connectivity index (χ2n) is 9.42. The van der Waals surface area contributed by atoms with Crippen LogP contribution < -0.4 is 0 Å². The van der Waals surface area contributed by atoms with Crippen molar-refractivity contribution in [1.82, 2.24) is 0 Å². The molecule has 3 aliphatic heterocycles. The number of fused-ring (bicyclic) bond motifs is 2. The summed E-state index contributed by atoms with van der Waals surface area (Å²) >= 11 is 0. The largest absolute Gasteiger partial charge is 0.458 e. The Bertz CT molecular complexity index is 768. The highest BCUT2D eigenvalue weighted by atomic mass is 16.7. The molecule has 2 spiro atoms. The fourth-order valence-corrected chi connectivity index (χ4v) is 7.00. The molecule has 0 aromatic heterocycles. The normalized spacial score (nSPS) is 55.0. The van der Waals surface area contributed by atoms with Crippen LogP contribution >= 0.6 is 0 Å². The van der Waals surface area contributed by atoms with Crippen LogP contribution in [0.2, 0.25) is 0 Å². The number of esters is 1. The lowest BCUT2D eigenvalue weighted by atomic mass is 9.47. The van der Waals surface area contributed by atoms with Gasteiger partial charge in [0.15, 0.2) is 11.4 Å². The third-order valence-electron chi connectivity index (χ3n) is 8.35. The Balaban J connectivity index is 1.48. The summed E-state index contributed by atoms with van der Waals surface area (Å²) in [6, 6.07) is 0. The van der Waals surface area contributed by atoms with Crippen LogP contribution in [0.4, 0.5) is 0 Å². The van der Waals surface area contributed by atoms with Crippen LogP contribution in [0.5, 0.6) is 0 Å². The molecule has 134 valence electrons. The number of hydrogen-bond acceptors (Lipinski definition) is 5. The number of epoxide rings is 2. The first-order chi connectivity index (χ1) is 11.9. The second-order valence-corrected chi connectivity index (χ2v) is 9.42. The summed E-state index contributed by atoms with van der Waals surface area (Å²) in [6.07, 6.45) is 3.32. The molecule has 25 heavy (non-hydrogen) atoms. The fraction of sp³-hybridized carbons (Fsp3) is 0.800. The van der Waals surface area contributed by atoms with E-state index in [0.717, 1.165) is 36.8 Å². The van der Waals surface area contributed by atoms with Gasteiger partial charge in [0.25, 0.3) is 0 Å². The lowest BCUT2D eigenvalue weighted by Crippen LogP contribution is -2.65. The van der Waals surface area contributed by atoms with Crippen LogP contribution in [0.15, 0.2) is 11.1 Å². The van der Waals surface area contributed by atoms with Gasteiger partial charge in [0.05, 0.1) is 12.2 Å². The van der Waals surface area contributed by atoms with Crippen molar-refractivity contribution in [3.63, 3.8) is 0 Å². The van der Waals surface area contributed by atoms with Crippen molar-refractivity contribution >= 4 is 11.8 Å². The van der Waals surface area contributed by atoms with E-state index in [0.29, 0.717) is 12.5 Å². The molecule has 0 amide bonds. The molecule has 3 heterocycles. The number of rotatable bonds is 1. The van der Waals surface area contributed by atoms with E-state index in [4.69, 9.17) is 14.2 Å². The molecule has 0 bridgehead atoms. The van der Waals surface area contributed by atoms with Crippen molar-refractivity contribution in [2.24, 2.45) is 23.2 Å². The zero-order chi connectivity index (χ0) is 17.4. The van der Waals surface area contributed by atoms with Crippen molar-refractivity contribution < 1.29 is 23.8 Å². The van der Waals surface area contributed by atoms with Crippen LogP contribution in [0.3, 0.4) is 0 Å². The minimum absolute atomic E-state index is 0.0422. The van der Waals surface area contributed by atoms with Crippen molar-refractivity contribution in [1.29, 1.82) is 0 Å². The quantitative estimate of drug-likeness (QED) is 0.539. The minimum Gasteiger partial charge on any atom is -0.458 e. The summed E-state index contributed by atoms with van der Waals surface area (Å²) < 4.78 is 18.0. The van der Waals surface area contributed by atoms with Gasteiger partial charge in [-0.15, -0.1) is 0 Å². The molecule has 2 saturated carbocycles. The molecule has 6 rings (SSSR count). The first kappa shape index (κ1) is 14.9. The van der Waals surface area contributed by atoms with E-state index in [1.54, 1.807) is 0 Å². The van der Waals surface area contributed by atoms with Gasteiger partial charge in [0.1, 0.15) is 12.2 Å². The summed E-state index contributed by atoms with van der Waals surface area (Å²) in [5.74, 6) is 0.730. The Morgan fingerprint density at radius 2 is 1.92 bits per heavy atom. The van der Waals surface area contributed by atoms with Gasteiger partial charge in [-0.05, 0) is 43.1 Å². The second kappa shape index (κ2) is 4.04. The zero-order valence-electron chi connectivity index (χ0n) is 15.0. The molecular formula is C20H24O5. The van der Waals surface area contributed by atoms with Crippen molar-refractivity contribution in [3.05, 3.63) is 11.1 Å². The van der Waals surface area contributed by atoms with Gasteiger partial charge in [-0.3, -0.25) is 4.79 Å². The maximum atomic E-state index is 13.4. The summed E-state index contributed by atoms with van der Waals surface area (Å²) in [4.78, 5) is 25.4. The lowest BCUT2D eigenvalue weighted by molar-refractivity contribution is -0.139. The Kier molecular flexibility index (Phi) is 2.41. The smallest absolute Gasteiger partial charge is 0.334 e. The molecule has 3 aliphatic carbocycles. The maximum absolute atomic E-state index is 13.4. The van der Waals surface area contributed by atoms with E-state index in [-0.39, 0.29) is 41.2 Å². The predicted octanol–water partition coefficient (Wildman–Crippen LogP) is 2.18. The van der Waals surface area contributed by atoms with Crippen LogP contribution in [0.25, 0.3) is 0 Å². The number of hydrogen-bond donors (Lipinski definition) is 0. The molecular weight excluding hydrogens is 320 g/mol. The first-order valence-corrected chi connectivity index (χ1v) is 9.66. The number of ether oxygens (including phenoxy) is 3. The Hall–Kier alpha value is -1.20. The van der Waals surface area contributed by atoms with Crippen LogP contribution in [-0.2, 0) is 23.8 Å². The van der Waals surface area contributed by atoms with Gasteiger partial charge in [-0.1, -0.05) is 20.8 Å². The van der Waals surface area contributed by atoms with E-state index in [9.17, 15) is 9.59 Å². The Morgan fingerprint density at radius 1 is 1.12 bits per heavy atom. The van der Waals surface area contributed by atoms with Gasteiger partial charge in [0.2, 0.25) is 0 Å². The molecule has 7 atom stereocenters. The van der Waals surface area contributed by atoms with Gasteiger partial charge >= 0.3 is 5.97 Å². The van der Waals surface area contributed by atoms with Gasteiger partial charge in [-0.2, -0.15) is 0 Å². The molecule has 5 nitrogen and oxygen atoms in total. The first-order valence-electron chi connectivity index (χ1n) is 9.66. The van der Waals surface area contributed by atoms with E-state index >= 15 is 0 Å². The van der Waals surface area contributed by atoms with E-state index in [1.165, 1.54) is 0 Å². The average Bonchev–Trinajstić information content (AvgIpc) is 3.44. The third-order valence-corrected chi connectivity index (χ3v) is 8.35. The number of ketones is 1. The molecule has 2 unspecified atom stereocenters. The summed E-state index contributed by atoms with van der Waals surface area (Å²) in [6.45, 7) is 6.93. The van der Waals surface area contributed by atoms with Gasteiger partial charge in [-0.25, -0.2) is 4.79 Å². The van der Waals surface area contributed by atoms with Gasteiger partial charge in [0, 0.05) is 16.9 Å². The fourth-order valence-electron chi connectivity index (χ4n) is 7.00. The standard InChI is InChI=1S/C20H24O5/c1-9(2)11-6-15-20(25-15)18(3)5-4-10-12(8-23-17(10)22)13(18)7-14-19(20,24-14)16(11)21/h9,11,13-15H,4-8H2,1-3H3/t11?,13?,14-,15-,18-,19+,20+/m0/s1. The highest BCUT2D eigenvalue weighted by molar-refractivity contribution is 5.97. The molecule has 0 N–H and O–H groups in total. The van der Waals surface area contributed by atoms with E-state index < -0.39 is 11.2 Å². The van der Waals surface area contributed by atoms with Crippen molar-refractivity contribution in [2.45, 2.75) is 69.9 Å². The molecule has 4 fully saturated rings. The average molecular weight is 344 g/mol. The van der Waals surface area contributed by atoms with E-state index in [1.807, 2.05) is 0 Å². The third kappa shape index (κ3) is 1.34. The predicted molar refractivity (Wildman–Crippen MR) is 86.6 cm³/mol. The molecule has 5 heteroatoms. The molecule has 0 radical (unpaired) electrons.